The molecular formula is C19H24N2O5. The fourth-order valence-corrected chi connectivity index (χ4v) is 4.43. The van der Waals surface area contributed by atoms with Gasteiger partial charge in [-0.05, 0) is 12.5 Å². The maximum Gasteiger partial charge on any atom is 0.326 e. The molecule has 0 aliphatic carbocycles. The summed E-state index contributed by atoms with van der Waals surface area (Å²) in [4.78, 5) is 39.6. The zero-order valence-corrected chi connectivity index (χ0v) is 15.4. The molecule has 1 aromatic carbocycles. The average Bonchev–Trinajstić information content (AvgIpc) is 3.11. The fraction of sp³-hybridized carbons (Fsp3) is 0.526. The molecule has 2 amide bonds. The van der Waals surface area contributed by atoms with Crippen molar-refractivity contribution in [3.8, 4) is 5.75 Å². The molecule has 26 heavy (non-hydrogen) atoms. The van der Waals surface area contributed by atoms with E-state index in [0.29, 0.717) is 18.6 Å². The van der Waals surface area contributed by atoms with Gasteiger partial charge in [0.25, 0.3) is 0 Å². The molecule has 0 aromatic heterocycles. The SMILES string of the molecule is CCC[C@@]1(C(=O)OC)N[C@@H](c2ccccc2OC)[C@H]2C(=O)N(C)C(=O)[C@H]21. The molecule has 4 atom stereocenters. The van der Waals surface area contributed by atoms with Crippen LogP contribution in [0.4, 0.5) is 0 Å². The minimum Gasteiger partial charge on any atom is -0.496 e. The summed E-state index contributed by atoms with van der Waals surface area (Å²) in [7, 11) is 4.33. The van der Waals surface area contributed by atoms with Crippen LogP contribution in [-0.4, -0.2) is 49.5 Å². The standard InChI is InChI=1S/C19H24N2O5/c1-5-10-19(18(24)26-4)14-13(16(22)21(2)17(14)23)15(20-19)11-8-6-7-9-12(11)25-3/h6-9,13-15,20H,5,10H2,1-4H3/t13-,14-,15-,19+/m0/s1. The summed E-state index contributed by atoms with van der Waals surface area (Å²) < 4.78 is 10.5. The molecule has 3 rings (SSSR count). The van der Waals surface area contributed by atoms with Crippen molar-refractivity contribution >= 4 is 17.8 Å². The van der Waals surface area contributed by atoms with Crippen LogP contribution in [0.3, 0.4) is 0 Å². The van der Waals surface area contributed by atoms with Crippen molar-refractivity contribution in [2.75, 3.05) is 21.3 Å². The van der Waals surface area contributed by atoms with Gasteiger partial charge in [0, 0.05) is 18.7 Å². The van der Waals surface area contributed by atoms with Crippen LogP contribution in [0.5, 0.6) is 5.75 Å². The van der Waals surface area contributed by atoms with E-state index in [1.807, 2.05) is 25.1 Å². The van der Waals surface area contributed by atoms with Gasteiger partial charge in [0.05, 0.1) is 26.1 Å². The third-order valence-corrected chi connectivity index (χ3v) is 5.54. The number of hydrogen-bond acceptors (Lipinski definition) is 6. The number of esters is 1. The molecule has 1 aromatic rings. The van der Waals surface area contributed by atoms with E-state index in [1.54, 1.807) is 13.2 Å². The van der Waals surface area contributed by atoms with Crippen LogP contribution in [-0.2, 0) is 19.1 Å². The van der Waals surface area contributed by atoms with Crippen molar-refractivity contribution in [3.63, 3.8) is 0 Å². The lowest BCUT2D eigenvalue weighted by Gasteiger charge is -2.32. The summed E-state index contributed by atoms with van der Waals surface area (Å²) in [5.41, 5.74) is -0.472. The van der Waals surface area contributed by atoms with Crippen molar-refractivity contribution in [2.24, 2.45) is 11.8 Å². The Labute approximate surface area is 152 Å². The molecule has 0 unspecified atom stereocenters. The predicted molar refractivity (Wildman–Crippen MR) is 93.3 cm³/mol. The predicted octanol–water partition coefficient (Wildman–Crippen LogP) is 1.28. The number of imide groups is 1. The second-order valence-electron chi connectivity index (χ2n) is 6.82. The van der Waals surface area contributed by atoms with Crippen LogP contribution < -0.4 is 10.1 Å². The van der Waals surface area contributed by atoms with Crippen LogP contribution in [0.2, 0.25) is 0 Å². The molecule has 0 radical (unpaired) electrons. The van der Waals surface area contributed by atoms with Gasteiger partial charge >= 0.3 is 5.97 Å². The Balaban J connectivity index is 2.17. The topological polar surface area (TPSA) is 84.9 Å². The Morgan fingerprint density at radius 3 is 2.54 bits per heavy atom. The number of hydrogen-bond donors (Lipinski definition) is 1. The Hall–Kier alpha value is -2.41. The van der Waals surface area contributed by atoms with E-state index in [9.17, 15) is 14.4 Å². The number of carbonyl (C=O) groups is 3. The fourth-order valence-electron chi connectivity index (χ4n) is 4.43. The summed E-state index contributed by atoms with van der Waals surface area (Å²) in [5.74, 6) is -2.00. The molecule has 1 N–H and O–H groups in total. The number of nitrogens with one attached hydrogen (secondary N) is 1. The van der Waals surface area contributed by atoms with Gasteiger partial charge < -0.3 is 9.47 Å². The quantitative estimate of drug-likeness (QED) is 0.629. The number of carbonyl (C=O) groups excluding carboxylic acids is 3. The van der Waals surface area contributed by atoms with E-state index in [1.165, 1.54) is 14.2 Å². The highest BCUT2D eigenvalue weighted by atomic mass is 16.5. The highest BCUT2D eigenvalue weighted by molar-refractivity contribution is 6.09. The third-order valence-electron chi connectivity index (χ3n) is 5.54. The monoisotopic (exact) mass is 360 g/mol. The number of likely N-dealkylation sites (tertiary alicyclic amines) is 1. The first-order valence-corrected chi connectivity index (χ1v) is 8.73. The van der Waals surface area contributed by atoms with E-state index in [2.05, 4.69) is 5.32 Å². The largest absolute Gasteiger partial charge is 0.496 e. The van der Waals surface area contributed by atoms with Gasteiger partial charge in [0.1, 0.15) is 11.3 Å². The van der Waals surface area contributed by atoms with Crippen molar-refractivity contribution < 1.29 is 23.9 Å². The van der Waals surface area contributed by atoms with Gasteiger partial charge in [-0.15, -0.1) is 0 Å². The minimum absolute atomic E-state index is 0.287. The van der Waals surface area contributed by atoms with Crippen LogP contribution in [0.15, 0.2) is 24.3 Å². The number of ether oxygens (including phenoxy) is 2. The highest BCUT2D eigenvalue weighted by Crippen LogP contribution is 2.51. The molecule has 7 nitrogen and oxygen atoms in total. The van der Waals surface area contributed by atoms with Crippen molar-refractivity contribution in [1.29, 1.82) is 0 Å². The Kier molecular flexibility index (Phi) is 4.75. The van der Waals surface area contributed by atoms with Gasteiger partial charge in [-0.25, -0.2) is 0 Å². The summed E-state index contributed by atoms with van der Waals surface area (Å²) >= 11 is 0. The van der Waals surface area contributed by atoms with Gasteiger partial charge in [-0.3, -0.25) is 24.6 Å². The Morgan fingerprint density at radius 1 is 1.23 bits per heavy atom. The third kappa shape index (κ3) is 2.41. The van der Waals surface area contributed by atoms with E-state index in [4.69, 9.17) is 9.47 Å². The van der Waals surface area contributed by atoms with Crippen LogP contribution >= 0.6 is 0 Å². The first kappa shape index (κ1) is 18.4. The molecule has 2 fully saturated rings. The van der Waals surface area contributed by atoms with E-state index in [0.717, 1.165) is 10.5 Å². The number of methoxy groups -OCH3 is 2. The maximum absolute atomic E-state index is 12.9. The molecule has 0 bridgehead atoms. The number of nitrogens with zero attached hydrogens (tertiary/aromatic N) is 1. The summed E-state index contributed by atoms with van der Waals surface area (Å²) in [6.07, 6.45) is 1.06. The Bertz CT molecular complexity index is 749. The van der Waals surface area contributed by atoms with Crippen LogP contribution in [0.1, 0.15) is 31.4 Å². The lowest BCUT2D eigenvalue weighted by Crippen LogP contribution is -2.56. The lowest BCUT2D eigenvalue weighted by atomic mass is 9.77. The van der Waals surface area contributed by atoms with E-state index < -0.39 is 29.4 Å². The van der Waals surface area contributed by atoms with Crippen LogP contribution in [0.25, 0.3) is 0 Å². The van der Waals surface area contributed by atoms with E-state index in [-0.39, 0.29) is 11.8 Å². The van der Waals surface area contributed by atoms with Crippen molar-refractivity contribution in [2.45, 2.75) is 31.3 Å². The van der Waals surface area contributed by atoms with E-state index >= 15 is 0 Å². The lowest BCUT2D eigenvalue weighted by molar-refractivity contribution is -0.154. The molecule has 140 valence electrons. The molecule has 7 heteroatoms. The zero-order chi connectivity index (χ0) is 19.1. The first-order valence-electron chi connectivity index (χ1n) is 8.73. The molecule has 0 spiro atoms. The van der Waals surface area contributed by atoms with Gasteiger partial charge in [-0.2, -0.15) is 0 Å². The molecule has 2 aliphatic rings. The number of fused-ring (bicyclic) bond motifs is 1. The van der Waals surface area contributed by atoms with Crippen molar-refractivity contribution in [1.82, 2.24) is 10.2 Å². The summed E-state index contributed by atoms with van der Waals surface area (Å²) in [6.45, 7) is 1.93. The molecule has 0 saturated carbocycles. The number of para-hydroxylation sites is 1. The Morgan fingerprint density at radius 2 is 1.92 bits per heavy atom. The van der Waals surface area contributed by atoms with Crippen molar-refractivity contribution in [3.05, 3.63) is 29.8 Å². The van der Waals surface area contributed by atoms with Gasteiger partial charge in [-0.1, -0.05) is 31.5 Å². The molecule has 2 heterocycles. The second-order valence-corrected chi connectivity index (χ2v) is 6.82. The average molecular weight is 360 g/mol. The minimum atomic E-state index is -1.23. The number of rotatable bonds is 5. The van der Waals surface area contributed by atoms with Gasteiger partial charge in [0.2, 0.25) is 11.8 Å². The zero-order valence-electron chi connectivity index (χ0n) is 15.4. The smallest absolute Gasteiger partial charge is 0.326 e. The maximum atomic E-state index is 12.9. The number of benzene rings is 1. The first-order chi connectivity index (χ1) is 12.4. The highest BCUT2D eigenvalue weighted by Gasteiger charge is 2.68. The van der Waals surface area contributed by atoms with Gasteiger partial charge in [0.15, 0.2) is 0 Å². The number of amides is 2. The summed E-state index contributed by atoms with van der Waals surface area (Å²) in [6, 6.07) is 6.82. The molecular weight excluding hydrogens is 336 g/mol. The molecule has 2 aliphatic heterocycles. The normalized spacial score (nSPS) is 30.5. The summed E-state index contributed by atoms with van der Waals surface area (Å²) in [5, 5.41) is 3.31. The second kappa shape index (κ2) is 6.72. The van der Waals surface area contributed by atoms with Crippen LogP contribution in [0, 0.1) is 11.8 Å². The molecule has 2 saturated heterocycles.